The minimum Gasteiger partial charge on any atom is -0.469 e. The Morgan fingerprint density at radius 1 is 1.22 bits per heavy atom. The molecule has 1 atom stereocenters. The van der Waals surface area contributed by atoms with Crippen LogP contribution in [-0.2, 0) is 19.3 Å². The Morgan fingerprint density at radius 3 is 2.83 bits per heavy atom. The summed E-state index contributed by atoms with van der Waals surface area (Å²) in [6.45, 7) is 1.97. The highest BCUT2D eigenvalue weighted by Crippen LogP contribution is 2.26. The van der Waals surface area contributed by atoms with Crippen molar-refractivity contribution in [2.45, 2.75) is 38.6 Å². The lowest BCUT2D eigenvalue weighted by atomic mass is 9.97. The number of rotatable bonds is 3. The molecule has 1 aliphatic rings. The zero-order chi connectivity index (χ0) is 12.5. The lowest BCUT2D eigenvalue weighted by Crippen LogP contribution is -2.13. The van der Waals surface area contributed by atoms with Crippen LogP contribution in [0.4, 0.5) is 0 Å². The Bertz CT molecular complexity index is 556. The zero-order valence-electron chi connectivity index (χ0n) is 10.8. The summed E-state index contributed by atoms with van der Waals surface area (Å²) in [4.78, 5) is 0. The molecule has 2 N–H and O–H groups in total. The second-order valence-electron chi connectivity index (χ2n) is 5.20. The summed E-state index contributed by atoms with van der Waals surface area (Å²) < 4.78 is 5.32. The molecule has 2 aromatic rings. The van der Waals surface area contributed by atoms with Crippen molar-refractivity contribution < 1.29 is 4.42 Å². The Morgan fingerprint density at radius 2 is 2.06 bits per heavy atom. The van der Waals surface area contributed by atoms with Gasteiger partial charge >= 0.3 is 0 Å². The highest BCUT2D eigenvalue weighted by Gasteiger charge is 2.14. The highest BCUT2D eigenvalue weighted by molar-refractivity contribution is 5.36. The lowest BCUT2D eigenvalue weighted by molar-refractivity contribution is 0.524. The number of benzene rings is 1. The van der Waals surface area contributed by atoms with E-state index in [-0.39, 0.29) is 6.04 Å². The average molecular weight is 241 g/mol. The van der Waals surface area contributed by atoms with Crippen LogP contribution in [-0.4, -0.2) is 0 Å². The molecular weight excluding hydrogens is 222 g/mol. The van der Waals surface area contributed by atoms with Crippen LogP contribution < -0.4 is 5.73 Å². The third kappa shape index (κ3) is 2.08. The standard InChI is InChI=1S/C16H19NO/c1-11-15(7-8-18-11)16(17)10-12-5-6-13-3-2-4-14(13)9-12/h5-9,16H,2-4,10,17H2,1H3. The molecule has 1 aromatic carbocycles. The first-order valence-corrected chi connectivity index (χ1v) is 6.64. The lowest BCUT2D eigenvalue weighted by Gasteiger charge is -2.12. The molecular formula is C16H19NO. The van der Waals surface area contributed by atoms with E-state index in [0.717, 1.165) is 17.7 Å². The number of nitrogens with two attached hydrogens (primary N) is 1. The van der Waals surface area contributed by atoms with Crippen LogP contribution in [0.5, 0.6) is 0 Å². The van der Waals surface area contributed by atoms with Crippen LogP contribution in [0.3, 0.4) is 0 Å². The van der Waals surface area contributed by atoms with Crippen molar-refractivity contribution in [2.24, 2.45) is 5.73 Å². The Kier molecular flexibility index (Phi) is 2.96. The van der Waals surface area contributed by atoms with E-state index in [1.165, 1.54) is 36.0 Å². The minimum absolute atomic E-state index is 0.0307. The van der Waals surface area contributed by atoms with Gasteiger partial charge in [-0.2, -0.15) is 0 Å². The van der Waals surface area contributed by atoms with Crippen LogP contribution in [0.2, 0.25) is 0 Å². The summed E-state index contributed by atoms with van der Waals surface area (Å²) in [5.74, 6) is 0.934. The van der Waals surface area contributed by atoms with Crippen molar-refractivity contribution >= 4 is 0 Å². The van der Waals surface area contributed by atoms with Crippen LogP contribution >= 0.6 is 0 Å². The smallest absolute Gasteiger partial charge is 0.105 e. The van der Waals surface area contributed by atoms with Gasteiger partial charge in [0.15, 0.2) is 0 Å². The van der Waals surface area contributed by atoms with E-state index >= 15 is 0 Å². The van der Waals surface area contributed by atoms with Gasteiger partial charge < -0.3 is 10.2 Å². The molecule has 0 fully saturated rings. The fourth-order valence-corrected chi connectivity index (χ4v) is 2.90. The molecule has 1 unspecified atom stereocenters. The van der Waals surface area contributed by atoms with Crippen molar-refractivity contribution in [1.29, 1.82) is 0 Å². The van der Waals surface area contributed by atoms with Gasteiger partial charge in [0, 0.05) is 11.6 Å². The molecule has 0 aliphatic heterocycles. The molecule has 0 saturated carbocycles. The molecule has 0 saturated heterocycles. The van der Waals surface area contributed by atoms with E-state index in [2.05, 4.69) is 18.2 Å². The summed E-state index contributed by atoms with van der Waals surface area (Å²) in [7, 11) is 0. The third-order valence-corrected chi connectivity index (χ3v) is 3.92. The van der Waals surface area contributed by atoms with Crippen LogP contribution in [0.15, 0.2) is 34.9 Å². The number of furan rings is 1. The maximum atomic E-state index is 6.26. The van der Waals surface area contributed by atoms with Gasteiger partial charge in [-0.1, -0.05) is 18.2 Å². The fraction of sp³-hybridized carbons (Fsp3) is 0.375. The van der Waals surface area contributed by atoms with Crippen molar-refractivity contribution in [3.05, 3.63) is 58.5 Å². The van der Waals surface area contributed by atoms with Crippen LogP contribution in [0.25, 0.3) is 0 Å². The average Bonchev–Trinajstić information content (AvgIpc) is 2.96. The number of fused-ring (bicyclic) bond motifs is 1. The van der Waals surface area contributed by atoms with E-state index in [9.17, 15) is 0 Å². The van der Waals surface area contributed by atoms with E-state index in [1.807, 2.05) is 13.0 Å². The maximum Gasteiger partial charge on any atom is 0.105 e. The maximum absolute atomic E-state index is 6.26. The molecule has 0 amide bonds. The normalized spacial score (nSPS) is 15.7. The zero-order valence-corrected chi connectivity index (χ0v) is 10.8. The van der Waals surface area contributed by atoms with E-state index < -0.39 is 0 Å². The second-order valence-corrected chi connectivity index (χ2v) is 5.20. The molecule has 1 heterocycles. The van der Waals surface area contributed by atoms with Crippen LogP contribution in [0.1, 0.15) is 40.5 Å². The molecule has 3 rings (SSSR count). The minimum atomic E-state index is 0.0307. The molecule has 0 bridgehead atoms. The highest BCUT2D eigenvalue weighted by atomic mass is 16.3. The summed E-state index contributed by atoms with van der Waals surface area (Å²) in [5.41, 5.74) is 11.8. The number of aryl methyl sites for hydroxylation is 3. The van der Waals surface area contributed by atoms with Crippen molar-refractivity contribution in [3.8, 4) is 0 Å². The molecule has 1 aliphatic carbocycles. The quantitative estimate of drug-likeness (QED) is 0.895. The molecule has 0 spiro atoms. The molecule has 94 valence electrons. The van der Waals surface area contributed by atoms with E-state index in [4.69, 9.17) is 10.2 Å². The third-order valence-electron chi connectivity index (χ3n) is 3.92. The molecule has 0 radical (unpaired) electrons. The molecule has 2 heteroatoms. The molecule has 2 nitrogen and oxygen atoms in total. The largest absolute Gasteiger partial charge is 0.469 e. The first kappa shape index (κ1) is 11.5. The van der Waals surface area contributed by atoms with Crippen molar-refractivity contribution in [3.63, 3.8) is 0 Å². The van der Waals surface area contributed by atoms with Gasteiger partial charge in [-0.25, -0.2) is 0 Å². The Balaban J connectivity index is 1.79. The Hall–Kier alpha value is -1.54. The van der Waals surface area contributed by atoms with Gasteiger partial charge in [0.25, 0.3) is 0 Å². The predicted molar refractivity (Wildman–Crippen MR) is 72.5 cm³/mol. The van der Waals surface area contributed by atoms with Gasteiger partial charge in [-0.15, -0.1) is 0 Å². The first-order chi connectivity index (χ1) is 8.74. The van der Waals surface area contributed by atoms with E-state index in [1.54, 1.807) is 6.26 Å². The summed E-state index contributed by atoms with van der Waals surface area (Å²) in [6.07, 6.45) is 6.36. The topological polar surface area (TPSA) is 39.2 Å². The van der Waals surface area contributed by atoms with Gasteiger partial charge in [0.1, 0.15) is 5.76 Å². The van der Waals surface area contributed by atoms with Crippen molar-refractivity contribution in [1.82, 2.24) is 0 Å². The van der Waals surface area contributed by atoms with Gasteiger partial charge in [-0.3, -0.25) is 0 Å². The first-order valence-electron chi connectivity index (χ1n) is 6.64. The second kappa shape index (κ2) is 4.62. The van der Waals surface area contributed by atoms with Gasteiger partial charge in [-0.05, 0) is 55.4 Å². The monoisotopic (exact) mass is 241 g/mol. The van der Waals surface area contributed by atoms with Crippen LogP contribution in [0, 0.1) is 6.92 Å². The fourth-order valence-electron chi connectivity index (χ4n) is 2.90. The summed E-state index contributed by atoms with van der Waals surface area (Å²) in [5, 5.41) is 0. The van der Waals surface area contributed by atoms with Gasteiger partial charge in [0.05, 0.1) is 6.26 Å². The van der Waals surface area contributed by atoms with Gasteiger partial charge in [0.2, 0.25) is 0 Å². The number of hydrogen-bond acceptors (Lipinski definition) is 2. The molecule has 1 aromatic heterocycles. The van der Waals surface area contributed by atoms with Crippen molar-refractivity contribution in [2.75, 3.05) is 0 Å². The predicted octanol–water partition coefficient (Wildman–Crippen LogP) is 3.32. The Labute approximate surface area is 108 Å². The summed E-state index contributed by atoms with van der Waals surface area (Å²) in [6, 6.07) is 8.83. The van der Waals surface area contributed by atoms with E-state index in [0.29, 0.717) is 0 Å². The SMILES string of the molecule is Cc1occc1C(N)Cc1ccc2c(c1)CCC2. The molecule has 18 heavy (non-hydrogen) atoms. The summed E-state index contributed by atoms with van der Waals surface area (Å²) >= 11 is 0. The number of hydrogen-bond donors (Lipinski definition) is 1.